The third kappa shape index (κ3) is 8.15. The lowest BCUT2D eigenvalue weighted by molar-refractivity contribution is -0.139. The van der Waals surface area contributed by atoms with Gasteiger partial charge in [0.15, 0.2) is 0 Å². The number of benzene rings is 1. The number of nitrogens with one attached hydrogen (secondary N) is 3. The highest BCUT2D eigenvalue weighted by atomic mass is 32.2. The molecule has 1 aliphatic rings. The van der Waals surface area contributed by atoms with E-state index >= 15 is 0 Å². The summed E-state index contributed by atoms with van der Waals surface area (Å²) in [5.41, 5.74) is 1.05. The highest BCUT2D eigenvalue weighted by molar-refractivity contribution is 7.92. The Bertz CT molecular complexity index is 1260. The fraction of sp³-hybridized carbons (Fsp3) is 0.536. The van der Waals surface area contributed by atoms with E-state index < -0.39 is 34.1 Å². The summed E-state index contributed by atoms with van der Waals surface area (Å²) < 4.78 is 25.5. The Kier molecular flexibility index (Phi) is 10.9. The Morgan fingerprint density at radius 2 is 1.95 bits per heavy atom. The standard InChI is InChI=1S/C28H42N6O5S/c1-6-14-34-15-13-29-25(28(34)37)26(35)22(16-20-11-9-8-10-12-20)31-27(36)21-17-23(30-19(3)7-2)32-24(18-21)33(4)40(5,38)39/h8-12,17-19,22,25-26,29,35H,6-7,13-16H2,1-5H3,(H,30,32)(H,31,36)/t19-,22-,25-,26-/m0/s1. The van der Waals surface area contributed by atoms with Crippen molar-refractivity contribution >= 4 is 33.5 Å². The number of nitrogens with zero attached hydrogens (tertiary/aromatic N) is 3. The zero-order valence-electron chi connectivity index (χ0n) is 23.9. The Morgan fingerprint density at radius 1 is 1.25 bits per heavy atom. The van der Waals surface area contributed by atoms with Gasteiger partial charge in [-0.3, -0.25) is 13.9 Å². The number of carbonyl (C=O) groups is 2. The molecule has 1 aromatic carbocycles. The van der Waals surface area contributed by atoms with E-state index in [0.29, 0.717) is 25.5 Å². The number of aromatic nitrogens is 1. The van der Waals surface area contributed by atoms with Gasteiger partial charge in [-0.25, -0.2) is 13.4 Å². The summed E-state index contributed by atoms with van der Waals surface area (Å²) in [5.74, 6) is -0.284. The van der Waals surface area contributed by atoms with Crippen molar-refractivity contribution < 1.29 is 23.1 Å². The molecule has 1 aliphatic heterocycles. The third-order valence-electron chi connectivity index (χ3n) is 7.09. The molecule has 2 heterocycles. The summed E-state index contributed by atoms with van der Waals surface area (Å²) >= 11 is 0. The maximum absolute atomic E-state index is 13.7. The van der Waals surface area contributed by atoms with E-state index in [1.807, 2.05) is 51.1 Å². The van der Waals surface area contributed by atoms with Gasteiger partial charge >= 0.3 is 0 Å². The van der Waals surface area contributed by atoms with Crippen LogP contribution in [-0.4, -0.2) is 92.4 Å². The largest absolute Gasteiger partial charge is 0.389 e. The first-order valence-electron chi connectivity index (χ1n) is 13.7. The number of hydrogen-bond donors (Lipinski definition) is 4. The number of piperazine rings is 1. The fourth-order valence-corrected chi connectivity index (χ4v) is 4.96. The van der Waals surface area contributed by atoms with Gasteiger partial charge in [-0.05, 0) is 43.9 Å². The van der Waals surface area contributed by atoms with Crippen molar-refractivity contribution in [1.82, 2.24) is 20.5 Å². The number of pyridine rings is 1. The monoisotopic (exact) mass is 574 g/mol. The van der Waals surface area contributed by atoms with Crippen LogP contribution in [0.2, 0.25) is 0 Å². The minimum atomic E-state index is -3.64. The molecular formula is C28H42N6O5S. The Labute approximate surface area is 237 Å². The average Bonchev–Trinajstić information content (AvgIpc) is 2.93. The van der Waals surface area contributed by atoms with Gasteiger partial charge < -0.3 is 26.0 Å². The molecule has 1 fully saturated rings. The summed E-state index contributed by atoms with van der Waals surface area (Å²) in [6.07, 6.45) is 1.72. The summed E-state index contributed by atoms with van der Waals surface area (Å²) in [5, 5.41) is 20.7. The third-order valence-corrected chi connectivity index (χ3v) is 8.27. The number of anilines is 2. The van der Waals surface area contributed by atoms with Gasteiger partial charge in [-0.1, -0.05) is 44.2 Å². The van der Waals surface area contributed by atoms with Crippen LogP contribution in [-0.2, 0) is 21.2 Å². The van der Waals surface area contributed by atoms with Crippen LogP contribution in [0.4, 0.5) is 11.6 Å². The van der Waals surface area contributed by atoms with E-state index in [-0.39, 0.29) is 29.8 Å². The molecule has 0 radical (unpaired) electrons. The number of sulfonamides is 1. The van der Waals surface area contributed by atoms with Crippen LogP contribution < -0.4 is 20.3 Å². The molecule has 0 aliphatic carbocycles. The first-order valence-corrected chi connectivity index (χ1v) is 15.6. The Hall–Kier alpha value is -3.22. The van der Waals surface area contributed by atoms with Gasteiger partial charge in [0.05, 0.1) is 18.4 Å². The van der Waals surface area contributed by atoms with Crippen LogP contribution in [0.5, 0.6) is 0 Å². The van der Waals surface area contributed by atoms with Crippen molar-refractivity contribution in [2.75, 3.05) is 42.6 Å². The predicted octanol–water partition coefficient (Wildman–Crippen LogP) is 1.60. The Balaban J connectivity index is 1.95. The van der Waals surface area contributed by atoms with Crippen LogP contribution in [0.3, 0.4) is 0 Å². The average molecular weight is 575 g/mol. The summed E-state index contributed by atoms with van der Waals surface area (Å²) in [4.78, 5) is 33.0. The lowest BCUT2D eigenvalue weighted by Crippen LogP contribution is -2.64. The molecule has 11 nitrogen and oxygen atoms in total. The number of carbonyl (C=O) groups excluding carboxylic acids is 2. The molecule has 0 saturated carbocycles. The molecule has 0 bridgehead atoms. The Morgan fingerprint density at radius 3 is 2.58 bits per heavy atom. The number of aliphatic hydroxyl groups is 1. The summed E-state index contributed by atoms with van der Waals surface area (Å²) in [7, 11) is -2.26. The van der Waals surface area contributed by atoms with Crippen LogP contribution >= 0.6 is 0 Å². The number of amides is 2. The van der Waals surface area contributed by atoms with Crippen molar-refractivity contribution in [3.63, 3.8) is 0 Å². The van der Waals surface area contributed by atoms with Crippen LogP contribution in [0, 0.1) is 0 Å². The van der Waals surface area contributed by atoms with Gasteiger partial charge in [-0.15, -0.1) is 0 Å². The molecule has 2 aromatic rings. The topological polar surface area (TPSA) is 144 Å². The molecule has 40 heavy (non-hydrogen) atoms. The SMILES string of the molecule is CCCN1CCN[C@@H]([C@@H](O)[C@H](Cc2ccccc2)NC(=O)c2cc(N[C@@H](C)CC)nc(N(C)S(C)(=O)=O)c2)C1=O. The molecule has 0 unspecified atom stereocenters. The molecule has 3 rings (SSSR count). The maximum Gasteiger partial charge on any atom is 0.251 e. The van der Waals surface area contributed by atoms with Gasteiger partial charge in [0, 0.05) is 38.3 Å². The van der Waals surface area contributed by atoms with E-state index in [1.165, 1.54) is 13.1 Å². The molecule has 0 spiro atoms. The molecule has 2 amide bonds. The second-order valence-electron chi connectivity index (χ2n) is 10.3. The molecular weight excluding hydrogens is 532 g/mol. The van der Waals surface area contributed by atoms with E-state index in [2.05, 4.69) is 20.9 Å². The lowest BCUT2D eigenvalue weighted by atomic mass is 9.94. The zero-order chi connectivity index (χ0) is 29.4. The molecule has 220 valence electrons. The van der Waals surface area contributed by atoms with Gasteiger partial charge in [-0.2, -0.15) is 0 Å². The van der Waals surface area contributed by atoms with Crippen molar-refractivity contribution in [2.24, 2.45) is 0 Å². The van der Waals surface area contributed by atoms with E-state index in [1.54, 1.807) is 11.0 Å². The molecule has 4 atom stereocenters. The van der Waals surface area contributed by atoms with Crippen molar-refractivity contribution in [2.45, 2.75) is 64.3 Å². The number of aliphatic hydroxyl groups excluding tert-OH is 1. The molecule has 1 saturated heterocycles. The van der Waals surface area contributed by atoms with Crippen LogP contribution in [0.15, 0.2) is 42.5 Å². The number of rotatable bonds is 13. The minimum Gasteiger partial charge on any atom is -0.389 e. The molecule has 4 N–H and O–H groups in total. The summed E-state index contributed by atoms with van der Waals surface area (Å²) in [6, 6.07) is 10.7. The smallest absolute Gasteiger partial charge is 0.251 e. The second-order valence-corrected chi connectivity index (χ2v) is 12.3. The second kappa shape index (κ2) is 13.9. The quantitative estimate of drug-likeness (QED) is 0.283. The maximum atomic E-state index is 13.7. The van der Waals surface area contributed by atoms with E-state index in [9.17, 15) is 23.1 Å². The van der Waals surface area contributed by atoms with Gasteiger partial charge in [0.1, 0.15) is 17.7 Å². The first kappa shape index (κ1) is 31.3. The van der Waals surface area contributed by atoms with Crippen molar-refractivity contribution in [1.29, 1.82) is 0 Å². The van der Waals surface area contributed by atoms with Gasteiger partial charge in [0.2, 0.25) is 15.9 Å². The highest BCUT2D eigenvalue weighted by Crippen LogP contribution is 2.21. The normalized spacial score (nSPS) is 18.1. The fourth-order valence-electron chi connectivity index (χ4n) is 4.52. The first-order chi connectivity index (χ1) is 18.9. The zero-order valence-corrected chi connectivity index (χ0v) is 24.7. The lowest BCUT2D eigenvalue weighted by Gasteiger charge is -2.38. The van der Waals surface area contributed by atoms with E-state index in [4.69, 9.17) is 0 Å². The molecule has 12 heteroatoms. The highest BCUT2D eigenvalue weighted by Gasteiger charge is 2.38. The predicted molar refractivity (Wildman–Crippen MR) is 157 cm³/mol. The van der Waals surface area contributed by atoms with E-state index in [0.717, 1.165) is 29.0 Å². The summed E-state index contributed by atoms with van der Waals surface area (Å²) in [6.45, 7) is 7.64. The minimum absolute atomic E-state index is 0.0318. The van der Waals surface area contributed by atoms with Gasteiger partial charge in [0.25, 0.3) is 5.91 Å². The molecule has 1 aromatic heterocycles. The van der Waals surface area contributed by atoms with Crippen LogP contribution in [0.1, 0.15) is 49.5 Å². The van der Waals surface area contributed by atoms with Crippen LogP contribution in [0.25, 0.3) is 0 Å². The number of hydrogen-bond acceptors (Lipinski definition) is 8. The van der Waals surface area contributed by atoms with Crippen molar-refractivity contribution in [3.05, 3.63) is 53.6 Å². The van der Waals surface area contributed by atoms with Crippen molar-refractivity contribution in [3.8, 4) is 0 Å².